The topological polar surface area (TPSA) is 80.9 Å². The van der Waals surface area contributed by atoms with Crippen molar-refractivity contribution in [3.63, 3.8) is 0 Å². The van der Waals surface area contributed by atoms with Gasteiger partial charge in [0.15, 0.2) is 0 Å². The van der Waals surface area contributed by atoms with E-state index in [9.17, 15) is 4.79 Å². The summed E-state index contributed by atoms with van der Waals surface area (Å²) in [6, 6.07) is 10.9. The molecular weight excluding hydrogens is 264 g/mol. The van der Waals surface area contributed by atoms with E-state index < -0.39 is 0 Å². The lowest BCUT2D eigenvalue weighted by molar-refractivity contribution is 0.102. The summed E-state index contributed by atoms with van der Waals surface area (Å²) in [6.07, 6.45) is 3.23. The number of carbonyl (C=O) groups is 1. The lowest BCUT2D eigenvalue weighted by Crippen LogP contribution is -2.14. The van der Waals surface area contributed by atoms with Crippen molar-refractivity contribution < 1.29 is 4.79 Å². The minimum Gasteiger partial charge on any atom is -0.397 e. The number of hydrogen-bond donors (Lipinski definition) is 2. The minimum atomic E-state index is -0.214. The largest absolute Gasteiger partial charge is 0.397 e. The molecular formula is C16H14N4O. The van der Waals surface area contributed by atoms with Gasteiger partial charge in [0.05, 0.1) is 17.4 Å². The van der Waals surface area contributed by atoms with E-state index in [0.717, 1.165) is 16.5 Å². The van der Waals surface area contributed by atoms with E-state index in [4.69, 9.17) is 5.73 Å². The molecule has 0 aliphatic carbocycles. The monoisotopic (exact) mass is 278 g/mol. The highest BCUT2D eigenvalue weighted by Crippen LogP contribution is 2.19. The molecule has 5 heteroatoms. The number of amides is 1. The van der Waals surface area contributed by atoms with Crippen LogP contribution in [-0.4, -0.2) is 15.9 Å². The first-order chi connectivity index (χ1) is 10.1. The summed E-state index contributed by atoms with van der Waals surface area (Å²) in [7, 11) is 0. The number of rotatable bonds is 2. The predicted octanol–water partition coefficient (Wildman–Crippen LogP) is 2.77. The van der Waals surface area contributed by atoms with Crippen molar-refractivity contribution in [3.05, 3.63) is 59.9 Å². The average Bonchev–Trinajstić information content (AvgIpc) is 2.49. The summed E-state index contributed by atoms with van der Waals surface area (Å²) >= 11 is 0. The van der Waals surface area contributed by atoms with Crippen molar-refractivity contribution in [2.24, 2.45) is 0 Å². The third kappa shape index (κ3) is 2.53. The molecule has 0 spiro atoms. The second kappa shape index (κ2) is 5.20. The fourth-order valence-corrected chi connectivity index (χ4v) is 2.20. The first kappa shape index (κ1) is 13.1. The van der Waals surface area contributed by atoms with E-state index in [1.165, 1.54) is 6.20 Å². The quantitative estimate of drug-likeness (QED) is 0.755. The van der Waals surface area contributed by atoms with Gasteiger partial charge in [0.2, 0.25) is 0 Å². The third-order valence-electron chi connectivity index (χ3n) is 3.22. The van der Waals surface area contributed by atoms with Crippen molar-refractivity contribution in [1.29, 1.82) is 0 Å². The molecule has 3 aromatic rings. The normalized spacial score (nSPS) is 10.5. The zero-order valence-electron chi connectivity index (χ0n) is 11.5. The SMILES string of the molecule is Cc1cc(N)cnc1NC(=O)c1cccc2ncccc12. The van der Waals surface area contributed by atoms with Crippen LogP contribution in [-0.2, 0) is 0 Å². The molecule has 0 atom stereocenters. The van der Waals surface area contributed by atoms with Crippen LogP contribution in [0.4, 0.5) is 11.5 Å². The Morgan fingerprint density at radius 1 is 1.19 bits per heavy atom. The maximum atomic E-state index is 12.5. The van der Waals surface area contributed by atoms with E-state index in [-0.39, 0.29) is 5.91 Å². The Kier molecular flexibility index (Phi) is 3.23. The summed E-state index contributed by atoms with van der Waals surface area (Å²) in [5.41, 5.74) is 8.40. The summed E-state index contributed by atoms with van der Waals surface area (Å²) in [5.74, 6) is 0.295. The first-order valence-corrected chi connectivity index (χ1v) is 6.52. The zero-order chi connectivity index (χ0) is 14.8. The summed E-state index contributed by atoms with van der Waals surface area (Å²) in [5, 5.41) is 3.62. The molecule has 2 heterocycles. The second-order valence-corrected chi connectivity index (χ2v) is 4.76. The minimum absolute atomic E-state index is 0.214. The third-order valence-corrected chi connectivity index (χ3v) is 3.22. The number of nitrogens with two attached hydrogens (primary N) is 1. The summed E-state index contributed by atoms with van der Waals surface area (Å²) in [4.78, 5) is 20.9. The second-order valence-electron chi connectivity index (χ2n) is 4.76. The summed E-state index contributed by atoms with van der Waals surface area (Å²) in [6.45, 7) is 1.85. The molecule has 104 valence electrons. The van der Waals surface area contributed by atoms with Gasteiger partial charge in [0.25, 0.3) is 5.91 Å². The number of aromatic nitrogens is 2. The van der Waals surface area contributed by atoms with Crippen molar-refractivity contribution in [2.75, 3.05) is 11.1 Å². The van der Waals surface area contributed by atoms with Gasteiger partial charge in [0.1, 0.15) is 5.82 Å². The van der Waals surface area contributed by atoms with Crippen molar-refractivity contribution in [1.82, 2.24) is 9.97 Å². The van der Waals surface area contributed by atoms with Gasteiger partial charge >= 0.3 is 0 Å². The van der Waals surface area contributed by atoms with Crippen LogP contribution < -0.4 is 11.1 Å². The number of hydrogen-bond acceptors (Lipinski definition) is 4. The Hall–Kier alpha value is -2.95. The molecule has 0 aliphatic rings. The van der Waals surface area contributed by atoms with Crippen molar-refractivity contribution in [2.45, 2.75) is 6.92 Å². The van der Waals surface area contributed by atoms with E-state index in [0.29, 0.717) is 17.1 Å². The molecule has 0 unspecified atom stereocenters. The van der Waals surface area contributed by atoms with Crippen LogP contribution in [0.3, 0.4) is 0 Å². The standard InChI is InChI=1S/C16H14N4O/c1-10-8-11(17)9-19-15(10)20-16(21)13-4-2-6-14-12(13)5-3-7-18-14/h2-9H,17H2,1H3,(H,19,20,21). The lowest BCUT2D eigenvalue weighted by Gasteiger charge is -2.09. The van der Waals surface area contributed by atoms with E-state index >= 15 is 0 Å². The Morgan fingerprint density at radius 3 is 2.86 bits per heavy atom. The Morgan fingerprint density at radius 2 is 2.05 bits per heavy atom. The number of fused-ring (bicyclic) bond motifs is 1. The Balaban J connectivity index is 1.97. The maximum Gasteiger partial charge on any atom is 0.257 e. The van der Waals surface area contributed by atoms with Crippen LogP contribution in [0.15, 0.2) is 48.8 Å². The van der Waals surface area contributed by atoms with E-state index in [2.05, 4.69) is 15.3 Å². The molecule has 0 saturated heterocycles. The molecule has 3 rings (SSSR count). The molecule has 0 radical (unpaired) electrons. The van der Waals surface area contributed by atoms with Gasteiger partial charge in [-0.2, -0.15) is 0 Å². The lowest BCUT2D eigenvalue weighted by atomic mass is 10.1. The van der Waals surface area contributed by atoms with Gasteiger partial charge in [-0.1, -0.05) is 12.1 Å². The molecule has 5 nitrogen and oxygen atoms in total. The van der Waals surface area contributed by atoms with Crippen LogP contribution in [0.5, 0.6) is 0 Å². The number of benzene rings is 1. The van der Waals surface area contributed by atoms with Crippen LogP contribution in [0.1, 0.15) is 15.9 Å². The number of pyridine rings is 2. The number of carbonyl (C=O) groups excluding carboxylic acids is 1. The predicted molar refractivity (Wildman–Crippen MR) is 83.1 cm³/mol. The van der Waals surface area contributed by atoms with Crippen LogP contribution in [0.25, 0.3) is 10.9 Å². The number of nitrogens with one attached hydrogen (secondary N) is 1. The Bertz CT molecular complexity index is 824. The number of aryl methyl sites for hydroxylation is 1. The molecule has 0 bridgehead atoms. The highest BCUT2D eigenvalue weighted by Gasteiger charge is 2.12. The van der Waals surface area contributed by atoms with Crippen LogP contribution >= 0.6 is 0 Å². The van der Waals surface area contributed by atoms with Crippen LogP contribution in [0, 0.1) is 6.92 Å². The van der Waals surface area contributed by atoms with Gasteiger partial charge in [0, 0.05) is 17.1 Å². The summed E-state index contributed by atoms with van der Waals surface area (Å²) < 4.78 is 0. The number of nitrogens with zero attached hydrogens (tertiary/aromatic N) is 2. The molecule has 3 N–H and O–H groups in total. The van der Waals surface area contributed by atoms with Gasteiger partial charge < -0.3 is 11.1 Å². The first-order valence-electron chi connectivity index (χ1n) is 6.52. The molecule has 1 amide bonds. The highest BCUT2D eigenvalue weighted by atomic mass is 16.1. The molecule has 2 aromatic heterocycles. The maximum absolute atomic E-state index is 12.5. The fourth-order valence-electron chi connectivity index (χ4n) is 2.20. The highest BCUT2D eigenvalue weighted by molar-refractivity contribution is 6.12. The van der Waals surface area contributed by atoms with Gasteiger partial charge in [-0.3, -0.25) is 9.78 Å². The zero-order valence-corrected chi connectivity index (χ0v) is 11.5. The van der Waals surface area contributed by atoms with Gasteiger partial charge in [-0.05, 0) is 36.8 Å². The van der Waals surface area contributed by atoms with E-state index in [1.807, 2.05) is 31.2 Å². The molecule has 0 saturated carbocycles. The molecule has 0 fully saturated rings. The molecule has 21 heavy (non-hydrogen) atoms. The number of nitrogen functional groups attached to an aromatic ring is 1. The van der Waals surface area contributed by atoms with Gasteiger partial charge in [-0.15, -0.1) is 0 Å². The smallest absolute Gasteiger partial charge is 0.257 e. The van der Waals surface area contributed by atoms with E-state index in [1.54, 1.807) is 18.3 Å². The Labute approximate surface area is 121 Å². The average molecular weight is 278 g/mol. The molecule has 1 aromatic carbocycles. The fraction of sp³-hybridized carbons (Fsp3) is 0.0625. The molecule has 0 aliphatic heterocycles. The van der Waals surface area contributed by atoms with Crippen molar-refractivity contribution in [3.8, 4) is 0 Å². The number of anilines is 2. The van der Waals surface area contributed by atoms with Crippen molar-refractivity contribution >= 4 is 28.3 Å². The van der Waals surface area contributed by atoms with Crippen LogP contribution in [0.2, 0.25) is 0 Å². The van der Waals surface area contributed by atoms with Gasteiger partial charge in [-0.25, -0.2) is 4.98 Å².